The molecular formula is C22H19NO5. The molecule has 0 spiro atoms. The molecule has 0 unspecified atom stereocenters. The standard InChI is InChI=1S/C22H19NO5/c1-13-18(22(25)26-2)10-16(28-13)11-23-20(24)9-15-12-27-19-8-7-14-5-3-4-6-17(14)21(15)19/h3-8,10,12H,9,11H2,1-2H3,(H,23,24). The van der Waals surface area contributed by atoms with Gasteiger partial charge >= 0.3 is 5.97 Å². The summed E-state index contributed by atoms with van der Waals surface area (Å²) in [7, 11) is 1.31. The molecule has 2 aromatic heterocycles. The van der Waals surface area contributed by atoms with Crippen molar-refractivity contribution in [1.82, 2.24) is 5.32 Å². The van der Waals surface area contributed by atoms with Crippen LogP contribution in [0.5, 0.6) is 0 Å². The van der Waals surface area contributed by atoms with E-state index in [1.54, 1.807) is 19.3 Å². The highest BCUT2D eigenvalue weighted by Gasteiger charge is 2.17. The Morgan fingerprint density at radius 1 is 1.14 bits per heavy atom. The molecule has 4 rings (SSSR count). The van der Waals surface area contributed by atoms with Gasteiger partial charge in [0.2, 0.25) is 5.91 Å². The molecule has 6 nitrogen and oxygen atoms in total. The number of amides is 1. The third-order valence-electron chi connectivity index (χ3n) is 4.72. The fourth-order valence-electron chi connectivity index (χ4n) is 3.37. The minimum Gasteiger partial charge on any atom is -0.465 e. The lowest BCUT2D eigenvalue weighted by Gasteiger charge is -2.04. The highest BCUT2D eigenvalue weighted by Crippen LogP contribution is 2.30. The third kappa shape index (κ3) is 3.24. The second-order valence-electron chi connectivity index (χ2n) is 6.55. The van der Waals surface area contributed by atoms with Gasteiger partial charge in [-0.05, 0) is 29.8 Å². The number of ether oxygens (including phenoxy) is 1. The number of carbonyl (C=O) groups is 2. The van der Waals surface area contributed by atoms with E-state index >= 15 is 0 Å². The van der Waals surface area contributed by atoms with Crippen molar-refractivity contribution in [3.63, 3.8) is 0 Å². The predicted octanol–water partition coefficient (Wildman–Crippen LogP) is 4.13. The SMILES string of the molecule is COC(=O)c1cc(CNC(=O)Cc2coc3ccc4ccccc4c23)oc1C. The lowest BCUT2D eigenvalue weighted by Crippen LogP contribution is -2.24. The summed E-state index contributed by atoms with van der Waals surface area (Å²) in [6.45, 7) is 1.87. The molecule has 4 aromatic rings. The highest BCUT2D eigenvalue weighted by atomic mass is 16.5. The molecule has 0 aliphatic carbocycles. The van der Waals surface area contributed by atoms with E-state index in [4.69, 9.17) is 13.6 Å². The number of rotatable bonds is 5. The zero-order valence-electron chi connectivity index (χ0n) is 15.6. The van der Waals surface area contributed by atoms with Crippen molar-refractivity contribution >= 4 is 33.6 Å². The average Bonchev–Trinajstić information content (AvgIpc) is 3.29. The van der Waals surface area contributed by atoms with E-state index in [1.165, 1.54) is 7.11 Å². The first kappa shape index (κ1) is 17.9. The van der Waals surface area contributed by atoms with Crippen molar-refractivity contribution < 1.29 is 23.2 Å². The van der Waals surface area contributed by atoms with Gasteiger partial charge in [0.1, 0.15) is 22.7 Å². The van der Waals surface area contributed by atoms with Gasteiger partial charge in [-0.2, -0.15) is 0 Å². The van der Waals surface area contributed by atoms with E-state index in [1.807, 2.05) is 36.4 Å². The second kappa shape index (κ2) is 7.23. The van der Waals surface area contributed by atoms with Crippen LogP contribution in [0.4, 0.5) is 0 Å². The third-order valence-corrected chi connectivity index (χ3v) is 4.72. The van der Waals surface area contributed by atoms with Crippen LogP contribution in [0.3, 0.4) is 0 Å². The topological polar surface area (TPSA) is 81.7 Å². The number of fused-ring (bicyclic) bond motifs is 3. The number of nitrogens with one attached hydrogen (secondary N) is 1. The van der Waals surface area contributed by atoms with Crippen molar-refractivity contribution in [2.24, 2.45) is 0 Å². The lowest BCUT2D eigenvalue weighted by molar-refractivity contribution is -0.120. The maximum absolute atomic E-state index is 12.5. The van der Waals surface area contributed by atoms with Crippen LogP contribution in [0.1, 0.15) is 27.4 Å². The molecule has 1 N–H and O–H groups in total. The first-order chi connectivity index (χ1) is 13.6. The molecule has 142 valence electrons. The fraction of sp³-hybridized carbons (Fsp3) is 0.182. The number of benzene rings is 2. The Bertz CT molecular complexity index is 1180. The van der Waals surface area contributed by atoms with E-state index in [-0.39, 0.29) is 18.9 Å². The Morgan fingerprint density at radius 3 is 2.79 bits per heavy atom. The molecule has 0 aliphatic rings. The fourth-order valence-corrected chi connectivity index (χ4v) is 3.37. The van der Waals surface area contributed by atoms with Crippen molar-refractivity contribution in [2.45, 2.75) is 19.9 Å². The summed E-state index contributed by atoms with van der Waals surface area (Å²) in [5, 5.41) is 5.93. The molecule has 1 amide bonds. The van der Waals surface area contributed by atoms with Gasteiger partial charge in [0.25, 0.3) is 0 Å². The van der Waals surface area contributed by atoms with Gasteiger partial charge in [0.05, 0.1) is 26.3 Å². The minimum absolute atomic E-state index is 0.163. The van der Waals surface area contributed by atoms with Gasteiger partial charge in [-0.3, -0.25) is 4.79 Å². The molecule has 0 fully saturated rings. The normalized spacial score (nSPS) is 11.1. The van der Waals surface area contributed by atoms with Crippen LogP contribution in [-0.2, 0) is 22.5 Å². The molecule has 28 heavy (non-hydrogen) atoms. The number of carbonyl (C=O) groups excluding carboxylic acids is 2. The number of methoxy groups -OCH3 is 1. The van der Waals surface area contributed by atoms with Crippen LogP contribution in [0, 0.1) is 6.92 Å². The monoisotopic (exact) mass is 377 g/mol. The molecule has 0 aliphatic heterocycles. The zero-order valence-corrected chi connectivity index (χ0v) is 15.6. The number of hydrogen-bond donors (Lipinski definition) is 1. The van der Waals surface area contributed by atoms with Gasteiger partial charge in [-0.1, -0.05) is 30.3 Å². The molecular weight excluding hydrogens is 358 g/mol. The van der Waals surface area contributed by atoms with E-state index in [0.717, 1.165) is 27.3 Å². The van der Waals surface area contributed by atoms with Crippen LogP contribution in [-0.4, -0.2) is 19.0 Å². The smallest absolute Gasteiger partial charge is 0.341 e. The summed E-state index contributed by atoms with van der Waals surface area (Å²) in [5.41, 5.74) is 1.94. The van der Waals surface area contributed by atoms with Gasteiger partial charge in [0.15, 0.2) is 0 Å². The highest BCUT2D eigenvalue weighted by molar-refractivity contribution is 6.08. The molecule has 0 saturated heterocycles. The minimum atomic E-state index is -0.462. The van der Waals surface area contributed by atoms with Gasteiger partial charge in [-0.15, -0.1) is 0 Å². The van der Waals surface area contributed by atoms with Crippen LogP contribution in [0.25, 0.3) is 21.7 Å². The zero-order chi connectivity index (χ0) is 19.7. The second-order valence-corrected chi connectivity index (χ2v) is 6.55. The Kier molecular flexibility index (Phi) is 4.61. The maximum Gasteiger partial charge on any atom is 0.341 e. The van der Waals surface area contributed by atoms with E-state index in [2.05, 4.69) is 5.32 Å². The quantitative estimate of drug-likeness (QED) is 0.529. The molecule has 0 saturated carbocycles. The summed E-state index contributed by atoms with van der Waals surface area (Å²) in [6, 6.07) is 13.5. The first-order valence-corrected chi connectivity index (χ1v) is 8.89. The van der Waals surface area contributed by atoms with Crippen LogP contribution >= 0.6 is 0 Å². The Labute approximate surface area is 161 Å². The lowest BCUT2D eigenvalue weighted by atomic mass is 10.0. The number of hydrogen-bond acceptors (Lipinski definition) is 5. The molecule has 6 heteroatoms. The summed E-state index contributed by atoms with van der Waals surface area (Å²) >= 11 is 0. The predicted molar refractivity (Wildman–Crippen MR) is 104 cm³/mol. The number of furan rings is 2. The van der Waals surface area contributed by atoms with Crippen molar-refractivity contribution in [3.8, 4) is 0 Å². The van der Waals surface area contributed by atoms with E-state index in [0.29, 0.717) is 17.1 Å². The molecule has 2 heterocycles. The van der Waals surface area contributed by atoms with Crippen molar-refractivity contribution in [3.05, 3.63) is 71.4 Å². The van der Waals surface area contributed by atoms with Crippen LogP contribution < -0.4 is 5.32 Å². The van der Waals surface area contributed by atoms with Gasteiger partial charge < -0.3 is 18.9 Å². The summed E-state index contributed by atoms with van der Waals surface area (Å²) in [5.74, 6) is 0.331. The van der Waals surface area contributed by atoms with Crippen molar-refractivity contribution in [2.75, 3.05) is 7.11 Å². The number of aryl methyl sites for hydroxylation is 1. The molecule has 2 aromatic carbocycles. The van der Waals surface area contributed by atoms with Crippen LogP contribution in [0.15, 0.2) is 57.6 Å². The van der Waals surface area contributed by atoms with Crippen LogP contribution in [0.2, 0.25) is 0 Å². The average molecular weight is 377 g/mol. The molecule has 0 atom stereocenters. The Balaban J connectivity index is 1.50. The summed E-state index contributed by atoms with van der Waals surface area (Å²) < 4.78 is 15.9. The Hall–Kier alpha value is -3.54. The molecule has 0 bridgehead atoms. The maximum atomic E-state index is 12.5. The van der Waals surface area contributed by atoms with Gasteiger partial charge in [-0.25, -0.2) is 4.79 Å². The van der Waals surface area contributed by atoms with E-state index < -0.39 is 5.97 Å². The first-order valence-electron chi connectivity index (χ1n) is 8.89. The number of esters is 1. The molecule has 0 radical (unpaired) electrons. The summed E-state index contributed by atoms with van der Waals surface area (Å²) in [6.07, 6.45) is 1.81. The van der Waals surface area contributed by atoms with E-state index in [9.17, 15) is 9.59 Å². The van der Waals surface area contributed by atoms with Crippen molar-refractivity contribution in [1.29, 1.82) is 0 Å². The summed E-state index contributed by atoms with van der Waals surface area (Å²) in [4.78, 5) is 24.1. The largest absolute Gasteiger partial charge is 0.465 e. The Morgan fingerprint density at radius 2 is 1.96 bits per heavy atom. The van der Waals surface area contributed by atoms with Gasteiger partial charge in [0, 0.05) is 10.9 Å².